The van der Waals surface area contributed by atoms with E-state index in [0.717, 1.165) is 16.5 Å². The molecule has 2 atom stereocenters. The average molecular weight is 448 g/mol. The van der Waals surface area contributed by atoms with E-state index in [0.29, 0.717) is 22.7 Å². The van der Waals surface area contributed by atoms with Crippen molar-refractivity contribution in [1.82, 2.24) is 9.55 Å². The van der Waals surface area contributed by atoms with E-state index in [4.69, 9.17) is 9.72 Å². The first-order chi connectivity index (χ1) is 15.5. The van der Waals surface area contributed by atoms with Crippen LogP contribution in [0, 0.1) is 0 Å². The number of nitrogens with zero attached hydrogens (tertiary/aromatic N) is 2. The molecule has 0 saturated heterocycles. The number of nitrogens with one attached hydrogen (secondary N) is 1. The number of hydrogen-bond acceptors (Lipinski definition) is 5. The minimum absolute atomic E-state index is 0.135. The molecule has 1 heterocycles. The molecular formula is C25H25N3O3S. The van der Waals surface area contributed by atoms with E-state index in [1.807, 2.05) is 74.5 Å². The Labute approximate surface area is 190 Å². The van der Waals surface area contributed by atoms with E-state index in [1.54, 1.807) is 17.7 Å². The Morgan fingerprint density at radius 2 is 1.72 bits per heavy atom. The van der Waals surface area contributed by atoms with E-state index in [1.165, 1.54) is 11.8 Å². The van der Waals surface area contributed by atoms with Crippen molar-refractivity contribution in [2.75, 3.05) is 19.0 Å². The van der Waals surface area contributed by atoms with Crippen LogP contribution in [0.2, 0.25) is 0 Å². The lowest BCUT2D eigenvalue weighted by Gasteiger charge is -2.20. The number of ether oxygens (including phenoxy) is 1. The van der Waals surface area contributed by atoms with Crippen LogP contribution < -0.4 is 10.9 Å². The number of rotatable bonds is 7. The topological polar surface area (TPSA) is 73.2 Å². The smallest absolute Gasteiger partial charge is 0.262 e. The van der Waals surface area contributed by atoms with Gasteiger partial charge in [0.25, 0.3) is 5.56 Å². The van der Waals surface area contributed by atoms with Crippen LogP contribution in [0.25, 0.3) is 21.7 Å². The van der Waals surface area contributed by atoms with Gasteiger partial charge in [0.1, 0.15) is 0 Å². The van der Waals surface area contributed by atoms with Gasteiger partial charge in [-0.1, -0.05) is 60.3 Å². The number of carbonyl (C=O) groups is 1. The largest absolute Gasteiger partial charge is 0.383 e. The third kappa shape index (κ3) is 4.40. The highest BCUT2D eigenvalue weighted by Crippen LogP contribution is 2.28. The Morgan fingerprint density at radius 3 is 2.50 bits per heavy atom. The maximum absolute atomic E-state index is 13.2. The summed E-state index contributed by atoms with van der Waals surface area (Å²) in [6.07, 6.45) is 0. The average Bonchev–Trinajstić information content (AvgIpc) is 2.79. The second-order valence-electron chi connectivity index (χ2n) is 7.67. The zero-order chi connectivity index (χ0) is 22.7. The van der Waals surface area contributed by atoms with Crippen molar-refractivity contribution < 1.29 is 9.53 Å². The van der Waals surface area contributed by atoms with Crippen molar-refractivity contribution in [2.24, 2.45) is 0 Å². The zero-order valence-corrected chi connectivity index (χ0v) is 19.1. The number of thioether (sulfide) groups is 1. The first-order valence-corrected chi connectivity index (χ1v) is 11.3. The van der Waals surface area contributed by atoms with Crippen LogP contribution in [0.4, 0.5) is 5.69 Å². The molecule has 0 bridgehead atoms. The second kappa shape index (κ2) is 9.54. The number of aromatic nitrogens is 2. The van der Waals surface area contributed by atoms with E-state index in [2.05, 4.69) is 5.32 Å². The van der Waals surface area contributed by atoms with E-state index < -0.39 is 5.25 Å². The quantitative estimate of drug-likeness (QED) is 0.323. The molecule has 7 heteroatoms. The van der Waals surface area contributed by atoms with Crippen molar-refractivity contribution in [3.05, 3.63) is 77.1 Å². The fraction of sp³-hybridized carbons (Fsp3) is 0.240. The Hall–Kier alpha value is -3.16. The SMILES string of the molecule is COC[C@@H](C)n1c(S[C@@H](C)C(=O)Nc2cccc3ccccc23)nc2ccccc2c1=O. The minimum atomic E-state index is -0.469. The molecule has 32 heavy (non-hydrogen) atoms. The van der Waals surface area contributed by atoms with Crippen LogP contribution in [-0.4, -0.2) is 34.4 Å². The number of benzene rings is 3. The normalized spacial score (nSPS) is 13.2. The van der Waals surface area contributed by atoms with Crippen LogP contribution in [0.1, 0.15) is 19.9 Å². The van der Waals surface area contributed by atoms with Crippen LogP contribution in [0.3, 0.4) is 0 Å². The van der Waals surface area contributed by atoms with Gasteiger partial charge in [0, 0.05) is 18.2 Å². The number of amides is 1. The van der Waals surface area contributed by atoms with Crippen LogP contribution in [0.5, 0.6) is 0 Å². The fourth-order valence-electron chi connectivity index (χ4n) is 3.69. The van der Waals surface area contributed by atoms with Gasteiger partial charge in [-0.25, -0.2) is 4.98 Å². The van der Waals surface area contributed by atoms with Gasteiger partial charge in [-0.15, -0.1) is 0 Å². The Kier molecular flexibility index (Phi) is 6.58. The van der Waals surface area contributed by atoms with Crippen molar-refractivity contribution in [3.63, 3.8) is 0 Å². The molecule has 1 amide bonds. The molecule has 0 saturated carbocycles. The van der Waals surface area contributed by atoms with Gasteiger partial charge >= 0.3 is 0 Å². The fourth-order valence-corrected chi connectivity index (χ4v) is 4.70. The highest BCUT2D eigenvalue weighted by atomic mass is 32.2. The molecule has 164 valence electrons. The summed E-state index contributed by atoms with van der Waals surface area (Å²) >= 11 is 1.27. The predicted molar refractivity (Wildman–Crippen MR) is 130 cm³/mol. The Bertz CT molecular complexity index is 1330. The lowest BCUT2D eigenvalue weighted by atomic mass is 10.1. The van der Waals surface area contributed by atoms with Crippen molar-refractivity contribution in [1.29, 1.82) is 0 Å². The number of hydrogen-bond donors (Lipinski definition) is 1. The number of carbonyl (C=O) groups excluding carboxylic acids is 1. The lowest BCUT2D eigenvalue weighted by molar-refractivity contribution is -0.115. The first kappa shape index (κ1) is 22.0. The Balaban J connectivity index is 1.65. The molecule has 1 aromatic heterocycles. The van der Waals surface area contributed by atoms with Crippen molar-refractivity contribution in [2.45, 2.75) is 30.3 Å². The molecule has 0 radical (unpaired) electrons. The Morgan fingerprint density at radius 1 is 1.03 bits per heavy atom. The van der Waals surface area contributed by atoms with Gasteiger partial charge in [-0.05, 0) is 37.4 Å². The summed E-state index contributed by atoms with van der Waals surface area (Å²) < 4.78 is 6.90. The lowest BCUT2D eigenvalue weighted by Crippen LogP contribution is -2.30. The summed E-state index contributed by atoms with van der Waals surface area (Å²) in [7, 11) is 1.60. The van der Waals surface area contributed by atoms with E-state index in [-0.39, 0.29) is 17.5 Å². The van der Waals surface area contributed by atoms with Crippen molar-refractivity contribution >= 4 is 45.0 Å². The number of anilines is 1. The highest BCUT2D eigenvalue weighted by molar-refractivity contribution is 8.00. The summed E-state index contributed by atoms with van der Waals surface area (Å²) in [6, 6.07) is 20.8. The molecule has 3 aromatic carbocycles. The van der Waals surface area contributed by atoms with Crippen LogP contribution in [0.15, 0.2) is 76.7 Å². The standard InChI is InChI=1S/C25H25N3O3S/c1-16(15-31-3)28-24(30)20-12-6-7-13-22(20)27-25(28)32-17(2)23(29)26-21-14-8-10-18-9-4-5-11-19(18)21/h4-14,16-17H,15H2,1-3H3,(H,26,29)/t16-,17+/m1/s1. The van der Waals surface area contributed by atoms with Gasteiger partial charge in [-0.3, -0.25) is 14.2 Å². The van der Waals surface area contributed by atoms with Crippen LogP contribution in [-0.2, 0) is 9.53 Å². The maximum Gasteiger partial charge on any atom is 0.262 e. The molecule has 0 spiro atoms. The van der Waals surface area contributed by atoms with Gasteiger partial charge in [0.2, 0.25) is 5.91 Å². The second-order valence-corrected chi connectivity index (χ2v) is 8.98. The summed E-state index contributed by atoms with van der Waals surface area (Å²) in [5, 5.41) is 5.65. The molecule has 6 nitrogen and oxygen atoms in total. The number of methoxy groups -OCH3 is 1. The number of para-hydroxylation sites is 1. The molecule has 4 rings (SSSR count). The third-order valence-electron chi connectivity index (χ3n) is 5.32. The molecule has 0 aliphatic rings. The predicted octanol–water partition coefficient (Wildman–Crippen LogP) is 4.88. The summed E-state index contributed by atoms with van der Waals surface area (Å²) in [4.78, 5) is 31.0. The maximum atomic E-state index is 13.2. The molecule has 1 N–H and O–H groups in total. The third-order valence-corrected chi connectivity index (χ3v) is 6.39. The van der Waals surface area contributed by atoms with Crippen molar-refractivity contribution in [3.8, 4) is 0 Å². The molecule has 0 aliphatic carbocycles. The van der Waals surface area contributed by atoms with E-state index >= 15 is 0 Å². The van der Waals surface area contributed by atoms with Gasteiger partial charge in [0.15, 0.2) is 5.16 Å². The minimum Gasteiger partial charge on any atom is -0.383 e. The monoisotopic (exact) mass is 447 g/mol. The zero-order valence-electron chi connectivity index (χ0n) is 18.2. The van der Waals surface area contributed by atoms with E-state index in [9.17, 15) is 9.59 Å². The highest BCUT2D eigenvalue weighted by Gasteiger charge is 2.22. The summed E-state index contributed by atoms with van der Waals surface area (Å²) in [6.45, 7) is 4.09. The molecular weight excluding hydrogens is 422 g/mol. The first-order valence-electron chi connectivity index (χ1n) is 10.4. The summed E-state index contributed by atoms with van der Waals surface area (Å²) in [5.41, 5.74) is 1.24. The summed E-state index contributed by atoms with van der Waals surface area (Å²) in [5.74, 6) is -0.153. The molecule has 0 aliphatic heterocycles. The van der Waals surface area contributed by atoms with Gasteiger partial charge in [0.05, 0.1) is 28.8 Å². The van der Waals surface area contributed by atoms with Crippen LogP contribution >= 0.6 is 11.8 Å². The number of fused-ring (bicyclic) bond motifs is 2. The van der Waals surface area contributed by atoms with Gasteiger partial charge in [-0.2, -0.15) is 0 Å². The molecule has 0 fully saturated rings. The molecule has 0 unspecified atom stereocenters. The molecule has 4 aromatic rings. The van der Waals surface area contributed by atoms with Gasteiger partial charge < -0.3 is 10.1 Å².